The molecule has 0 saturated carbocycles. The Bertz CT molecular complexity index is 1310. The number of nitrogens with zero attached hydrogens (tertiary/aromatic N) is 3. The molecule has 3 aromatic rings. The Morgan fingerprint density at radius 1 is 0.921 bits per heavy atom. The summed E-state index contributed by atoms with van der Waals surface area (Å²) in [6.45, 7) is 3.53. The van der Waals surface area contributed by atoms with Crippen molar-refractivity contribution in [1.82, 2.24) is 19.5 Å². The van der Waals surface area contributed by atoms with E-state index in [4.69, 9.17) is 0 Å². The van der Waals surface area contributed by atoms with Crippen molar-refractivity contribution in [2.45, 2.75) is 56.6 Å². The molecule has 2 heterocycles. The summed E-state index contributed by atoms with van der Waals surface area (Å²) < 4.78 is 27.1. The van der Waals surface area contributed by atoms with E-state index in [2.05, 4.69) is 10.3 Å². The number of sulfonamides is 1. The maximum Gasteiger partial charge on any atom is 0.243 e. The van der Waals surface area contributed by atoms with Crippen molar-refractivity contribution in [2.24, 2.45) is 0 Å². The van der Waals surface area contributed by atoms with Gasteiger partial charge in [-0.3, -0.25) is 14.6 Å². The lowest BCUT2D eigenvalue weighted by Crippen LogP contribution is -2.47. The lowest BCUT2D eigenvalue weighted by Gasteiger charge is -2.29. The molecule has 4 rings (SSSR count). The van der Waals surface area contributed by atoms with Gasteiger partial charge in [0.25, 0.3) is 0 Å². The van der Waals surface area contributed by atoms with Crippen LogP contribution in [0.4, 0.5) is 0 Å². The minimum absolute atomic E-state index is 0.144. The number of aryl methyl sites for hydroxylation is 1. The predicted octanol–water partition coefficient (Wildman–Crippen LogP) is 3.53. The average Bonchev–Trinajstić information content (AvgIpc) is 3.51. The third kappa shape index (κ3) is 7.05. The number of aromatic nitrogens is 1. The van der Waals surface area contributed by atoms with Gasteiger partial charge in [0.15, 0.2) is 0 Å². The molecule has 2 aromatic carbocycles. The van der Waals surface area contributed by atoms with Crippen molar-refractivity contribution in [2.75, 3.05) is 13.1 Å². The molecule has 0 aliphatic carbocycles. The van der Waals surface area contributed by atoms with Crippen LogP contribution in [0.5, 0.6) is 0 Å². The second kappa shape index (κ2) is 12.8. The molecule has 8 nitrogen and oxygen atoms in total. The normalized spacial score (nSPS) is 14.7. The van der Waals surface area contributed by atoms with Crippen LogP contribution in [0.1, 0.15) is 42.9 Å². The van der Waals surface area contributed by atoms with E-state index in [0.717, 1.165) is 29.5 Å². The fourth-order valence-electron chi connectivity index (χ4n) is 4.50. The van der Waals surface area contributed by atoms with Crippen molar-refractivity contribution in [3.05, 3.63) is 95.8 Å². The van der Waals surface area contributed by atoms with Crippen LogP contribution in [-0.2, 0) is 39.1 Å². The summed E-state index contributed by atoms with van der Waals surface area (Å²) in [6.07, 6.45) is 5.76. The van der Waals surface area contributed by atoms with Gasteiger partial charge in [0.2, 0.25) is 21.8 Å². The van der Waals surface area contributed by atoms with Crippen LogP contribution in [0.15, 0.2) is 84.0 Å². The van der Waals surface area contributed by atoms with Gasteiger partial charge in [-0.1, -0.05) is 42.5 Å². The average molecular weight is 535 g/mol. The SMILES string of the molecule is C[C@H](C(=O)NCc1ccncc1)N(Cc1ccccc1)C(=O)CCc1ccc(S(=O)(=O)N2CCCC2)cc1. The molecule has 1 N–H and O–H groups in total. The molecule has 1 aliphatic rings. The molecule has 1 fully saturated rings. The maximum absolute atomic E-state index is 13.4. The summed E-state index contributed by atoms with van der Waals surface area (Å²) in [7, 11) is -3.47. The molecule has 200 valence electrons. The topological polar surface area (TPSA) is 99.7 Å². The van der Waals surface area contributed by atoms with Crippen LogP contribution in [-0.4, -0.2) is 53.6 Å². The van der Waals surface area contributed by atoms with Gasteiger partial charge in [-0.25, -0.2) is 8.42 Å². The highest BCUT2D eigenvalue weighted by Crippen LogP contribution is 2.22. The van der Waals surface area contributed by atoms with Gasteiger partial charge in [-0.2, -0.15) is 4.31 Å². The van der Waals surface area contributed by atoms with E-state index in [1.165, 1.54) is 4.31 Å². The van der Waals surface area contributed by atoms with Gasteiger partial charge in [0, 0.05) is 45.0 Å². The Morgan fingerprint density at radius 3 is 2.24 bits per heavy atom. The highest BCUT2D eigenvalue weighted by molar-refractivity contribution is 7.89. The molecular formula is C29H34N4O4S. The Hall–Kier alpha value is -3.56. The van der Waals surface area contributed by atoms with Crippen molar-refractivity contribution in [1.29, 1.82) is 0 Å². The van der Waals surface area contributed by atoms with Crippen molar-refractivity contribution < 1.29 is 18.0 Å². The van der Waals surface area contributed by atoms with E-state index in [9.17, 15) is 18.0 Å². The fraction of sp³-hybridized carbons (Fsp3) is 0.345. The van der Waals surface area contributed by atoms with Crippen LogP contribution in [0.2, 0.25) is 0 Å². The van der Waals surface area contributed by atoms with Crippen LogP contribution in [0.3, 0.4) is 0 Å². The summed E-state index contributed by atoms with van der Waals surface area (Å²) in [4.78, 5) is 32.2. The summed E-state index contributed by atoms with van der Waals surface area (Å²) in [5.74, 6) is -0.378. The second-order valence-corrected chi connectivity index (χ2v) is 11.4. The van der Waals surface area contributed by atoms with E-state index in [1.807, 2.05) is 42.5 Å². The van der Waals surface area contributed by atoms with Gasteiger partial charge in [0.1, 0.15) is 6.04 Å². The number of hydrogen-bond donors (Lipinski definition) is 1. The van der Waals surface area contributed by atoms with Crippen molar-refractivity contribution >= 4 is 21.8 Å². The molecule has 0 radical (unpaired) electrons. The van der Waals surface area contributed by atoms with Crippen LogP contribution >= 0.6 is 0 Å². The second-order valence-electron chi connectivity index (χ2n) is 9.51. The Morgan fingerprint density at radius 2 is 1.58 bits per heavy atom. The van der Waals surface area contributed by atoms with E-state index in [0.29, 0.717) is 32.6 Å². The molecule has 1 aromatic heterocycles. The number of carbonyl (C=O) groups excluding carboxylic acids is 2. The first-order chi connectivity index (χ1) is 18.3. The molecule has 0 spiro atoms. The van der Waals surface area contributed by atoms with Gasteiger partial charge in [-0.05, 0) is 67.1 Å². The van der Waals surface area contributed by atoms with E-state index in [-0.39, 0.29) is 23.1 Å². The molecule has 0 bridgehead atoms. The largest absolute Gasteiger partial charge is 0.350 e. The first-order valence-corrected chi connectivity index (χ1v) is 14.4. The zero-order chi connectivity index (χ0) is 27.0. The third-order valence-corrected chi connectivity index (χ3v) is 8.75. The van der Waals surface area contributed by atoms with Crippen LogP contribution in [0, 0.1) is 0 Å². The van der Waals surface area contributed by atoms with E-state index >= 15 is 0 Å². The molecule has 2 amide bonds. The minimum Gasteiger partial charge on any atom is -0.350 e. The summed E-state index contributed by atoms with van der Waals surface area (Å²) in [6, 6.07) is 19.3. The first kappa shape index (κ1) is 27.5. The maximum atomic E-state index is 13.4. The predicted molar refractivity (Wildman–Crippen MR) is 145 cm³/mol. The number of amides is 2. The smallest absolute Gasteiger partial charge is 0.243 e. The fourth-order valence-corrected chi connectivity index (χ4v) is 6.02. The quantitative estimate of drug-likeness (QED) is 0.406. The lowest BCUT2D eigenvalue weighted by molar-refractivity contribution is -0.140. The zero-order valence-electron chi connectivity index (χ0n) is 21.6. The molecule has 1 saturated heterocycles. The Balaban J connectivity index is 1.40. The molecule has 1 aliphatic heterocycles. The molecule has 38 heavy (non-hydrogen) atoms. The summed E-state index contributed by atoms with van der Waals surface area (Å²) in [5, 5.41) is 2.92. The Labute approximate surface area is 224 Å². The van der Waals surface area contributed by atoms with E-state index < -0.39 is 16.1 Å². The van der Waals surface area contributed by atoms with E-state index in [1.54, 1.807) is 48.5 Å². The number of pyridine rings is 1. The van der Waals surface area contributed by atoms with Crippen molar-refractivity contribution in [3.8, 4) is 0 Å². The highest BCUT2D eigenvalue weighted by Gasteiger charge is 2.28. The third-order valence-electron chi connectivity index (χ3n) is 6.83. The van der Waals surface area contributed by atoms with Gasteiger partial charge in [0.05, 0.1) is 4.90 Å². The molecular weight excluding hydrogens is 500 g/mol. The first-order valence-electron chi connectivity index (χ1n) is 12.9. The molecule has 1 atom stereocenters. The lowest BCUT2D eigenvalue weighted by atomic mass is 10.1. The minimum atomic E-state index is -3.47. The number of rotatable bonds is 11. The molecule has 0 unspecified atom stereocenters. The van der Waals surface area contributed by atoms with Crippen LogP contribution in [0.25, 0.3) is 0 Å². The number of hydrogen-bond acceptors (Lipinski definition) is 5. The van der Waals surface area contributed by atoms with Gasteiger partial charge >= 0.3 is 0 Å². The molecule has 9 heteroatoms. The summed E-state index contributed by atoms with van der Waals surface area (Å²) in [5.41, 5.74) is 2.73. The number of benzene rings is 2. The monoisotopic (exact) mass is 534 g/mol. The zero-order valence-corrected chi connectivity index (χ0v) is 22.4. The Kier molecular flexibility index (Phi) is 9.25. The van der Waals surface area contributed by atoms with Gasteiger partial charge in [-0.15, -0.1) is 0 Å². The number of nitrogens with one attached hydrogen (secondary N) is 1. The standard InChI is InChI=1S/C29H34N4O4S/c1-23(29(35)31-21-25-15-17-30-18-16-25)33(22-26-7-3-2-4-8-26)28(34)14-11-24-9-12-27(13-10-24)38(36,37)32-19-5-6-20-32/h2-4,7-10,12-13,15-18,23H,5-6,11,14,19-22H2,1H3,(H,31,35)/t23-/m1/s1. The van der Waals surface area contributed by atoms with Crippen LogP contribution < -0.4 is 5.32 Å². The van der Waals surface area contributed by atoms with Crippen molar-refractivity contribution in [3.63, 3.8) is 0 Å². The van der Waals surface area contributed by atoms with Gasteiger partial charge < -0.3 is 10.2 Å². The number of carbonyl (C=O) groups is 2. The summed E-state index contributed by atoms with van der Waals surface area (Å²) >= 11 is 0. The highest BCUT2D eigenvalue weighted by atomic mass is 32.2.